The number of rotatable bonds is 8. The third kappa shape index (κ3) is 6.52. The van der Waals surface area contributed by atoms with Crippen molar-refractivity contribution in [2.45, 2.75) is 39.5 Å². The van der Waals surface area contributed by atoms with Crippen molar-refractivity contribution in [1.29, 1.82) is 0 Å². The average Bonchev–Trinajstić information content (AvgIpc) is 2.51. The van der Waals surface area contributed by atoms with Crippen LogP contribution in [0.5, 0.6) is 5.75 Å². The molecule has 0 saturated heterocycles. The molecule has 22 heavy (non-hydrogen) atoms. The van der Waals surface area contributed by atoms with E-state index in [1.54, 1.807) is 7.05 Å². The van der Waals surface area contributed by atoms with Crippen molar-refractivity contribution in [1.82, 2.24) is 9.80 Å². The minimum absolute atomic E-state index is 0. The van der Waals surface area contributed by atoms with Gasteiger partial charge in [0.2, 0.25) is 0 Å². The van der Waals surface area contributed by atoms with Gasteiger partial charge in [0, 0.05) is 13.1 Å². The van der Waals surface area contributed by atoms with Crippen LogP contribution in [0.1, 0.15) is 39.5 Å². The van der Waals surface area contributed by atoms with Crippen molar-refractivity contribution in [2.24, 2.45) is 0 Å². The summed E-state index contributed by atoms with van der Waals surface area (Å²) < 4.78 is 6.14. The number of benzene rings is 1. The van der Waals surface area contributed by atoms with Gasteiger partial charge in [-0.25, -0.2) is 4.79 Å². The van der Waals surface area contributed by atoms with E-state index in [4.69, 9.17) is 4.74 Å². The zero-order chi connectivity index (χ0) is 15.7. The Morgan fingerprint density at radius 3 is 2.27 bits per heavy atom. The van der Waals surface area contributed by atoms with Gasteiger partial charge in [-0.2, -0.15) is 0 Å². The summed E-state index contributed by atoms with van der Waals surface area (Å²) in [7, 11) is 3.83. The molecule has 4 nitrogen and oxygen atoms in total. The molecule has 0 unspecified atom stereocenters. The first-order chi connectivity index (χ1) is 10.1. The summed E-state index contributed by atoms with van der Waals surface area (Å²) in [6.07, 6.45) is 4.34. The molecule has 0 heterocycles. The summed E-state index contributed by atoms with van der Waals surface area (Å²) >= 11 is 0. The number of quaternary nitrogens is 1. The van der Waals surface area contributed by atoms with Gasteiger partial charge in [0.25, 0.3) is 0 Å². The van der Waals surface area contributed by atoms with E-state index in [0.29, 0.717) is 5.75 Å². The molecule has 0 aromatic heterocycles. The van der Waals surface area contributed by atoms with Crippen LogP contribution in [-0.2, 0) is 0 Å². The number of hydrogen-bond acceptors (Lipinski definition) is 2. The first kappa shape index (κ1) is 21.2. The molecular weight excluding hydrogens is 391 g/mol. The molecule has 126 valence electrons. The van der Waals surface area contributed by atoms with Crippen molar-refractivity contribution in [2.75, 3.05) is 27.2 Å². The number of hydrogen-bond donors (Lipinski definition) is 1. The van der Waals surface area contributed by atoms with Crippen molar-refractivity contribution in [3.63, 3.8) is 0 Å². The van der Waals surface area contributed by atoms with Gasteiger partial charge in [0.1, 0.15) is 11.4 Å². The second kappa shape index (κ2) is 10.8. The summed E-state index contributed by atoms with van der Waals surface area (Å²) in [4.78, 5) is 11.3. The molecule has 0 bridgehead atoms. The van der Waals surface area contributed by atoms with Gasteiger partial charge in [-0.1, -0.05) is 32.8 Å². The molecule has 1 rings (SSSR count). The zero-order valence-corrected chi connectivity index (χ0v) is 16.4. The molecule has 1 N–H and O–H groups in total. The lowest BCUT2D eigenvalue weighted by Gasteiger charge is -2.34. The second-order valence-corrected chi connectivity index (χ2v) is 5.69. The number of ether oxygens (including phenoxy) is 1. The normalized spacial score (nSPS) is 10.7. The Morgan fingerprint density at radius 1 is 1.18 bits per heavy atom. The highest BCUT2D eigenvalue weighted by molar-refractivity contribution is 5.70. The van der Waals surface area contributed by atoms with Crippen molar-refractivity contribution in [3.8, 4) is 5.75 Å². The number of nitrogens with zero attached hydrogens (tertiary/aromatic N) is 1. The number of amides is 1. The van der Waals surface area contributed by atoms with Gasteiger partial charge < -0.3 is 34.0 Å². The van der Waals surface area contributed by atoms with Crippen LogP contribution in [0.25, 0.3) is 0 Å². The van der Waals surface area contributed by atoms with Gasteiger partial charge in [-0.05, 0) is 25.0 Å². The maximum atomic E-state index is 11.3. The predicted octanol–water partition coefficient (Wildman–Crippen LogP) is 0.946. The number of nitrogens with one attached hydrogen (secondary N) is 1. The maximum absolute atomic E-state index is 11.3. The summed E-state index contributed by atoms with van der Waals surface area (Å²) in [6.45, 7) is 6.66. The van der Waals surface area contributed by atoms with Crippen LogP contribution in [0.15, 0.2) is 24.3 Å². The average molecular weight is 420 g/mol. The molecule has 1 amide bonds. The van der Waals surface area contributed by atoms with E-state index in [-0.39, 0.29) is 24.0 Å². The zero-order valence-electron chi connectivity index (χ0n) is 14.2. The van der Waals surface area contributed by atoms with E-state index in [0.717, 1.165) is 17.6 Å². The molecule has 0 saturated carbocycles. The van der Waals surface area contributed by atoms with Gasteiger partial charge in [-0.3, -0.25) is 4.48 Å². The molecule has 5 heteroatoms. The van der Waals surface area contributed by atoms with E-state index in [9.17, 15) is 4.79 Å². The molecule has 0 spiro atoms. The third-order valence-electron chi connectivity index (χ3n) is 3.87. The van der Waals surface area contributed by atoms with Crippen LogP contribution >= 0.6 is 0 Å². The van der Waals surface area contributed by atoms with E-state index < -0.39 is 6.09 Å². The van der Waals surface area contributed by atoms with Crippen LogP contribution < -0.4 is 38.5 Å². The van der Waals surface area contributed by atoms with Gasteiger partial charge >= 0.3 is 6.09 Å². The van der Waals surface area contributed by atoms with E-state index in [1.807, 2.05) is 18.2 Å². The summed E-state index contributed by atoms with van der Waals surface area (Å²) in [6, 6.07) is 7.90. The molecule has 0 fully saturated rings. The Hall–Kier alpha value is -0.820. The van der Waals surface area contributed by atoms with Crippen LogP contribution in [0.4, 0.5) is 10.5 Å². The van der Waals surface area contributed by atoms with Crippen molar-refractivity contribution >= 4 is 11.8 Å². The summed E-state index contributed by atoms with van der Waals surface area (Å²) in [5.41, 5.74) is 1.21. The van der Waals surface area contributed by atoms with Crippen molar-refractivity contribution in [3.05, 3.63) is 24.3 Å². The molecule has 0 radical (unpaired) electrons. The second-order valence-electron chi connectivity index (χ2n) is 5.69. The predicted molar refractivity (Wildman–Crippen MR) is 88.8 cm³/mol. The fourth-order valence-corrected chi connectivity index (χ4v) is 2.43. The molecule has 0 aliphatic heterocycles. The summed E-state index contributed by atoms with van der Waals surface area (Å²) in [5, 5.41) is 2.47. The Morgan fingerprint density at radius 2 is 1.77 bits per heavy atom. The smallest absolute Gasteiger partial charge is 0.412 e. The van der Waals surface area contributed by atoms with Crippen LogP contribution in [0.3, 0.4) is 0 Å². The number of unbranched alkanes of at least 4 members (excludes halogenated alkanes) is 2. The maximum Gasteiger partial charge on any atom is 0.412 e. The van der Waals surface area contributed by atoms with Crippen molar-refractivity contribution < 1.29 is 33.5 Å². The Labute approximate surface area is 151 Å². The highest BCUT2D eigenvalue weighted by Crippen LogP contribution is 2.27. The van der Waals surface area contributed by atoms with E-state index in [1.165, 1.54) is 31.4 Å². The van der Waals surface area contributed by atoms with Gasteiger partial charge in [0.05, 0.1) is 20.1 Å². The van der Waals surface area contributed by atoms with Crippen LogP contribution in [0, 0.1) is 0 Å². The standard InChI is InChI=1S/C17H28N2O2.HI/c1-5-7-12-19(4,13-8-6-2)15-10-9-11-16(14-15)21-17(20)18-3;/h9-11,14H,5-8,12-13H2,1-4H3;1H. The molecule has 0 atom stereocenters. The number of carbonyl (C=O) groups is 1. The topological polar surface area (TPSA) is 38.3 Å². The van der Waals surface area contributed by atoms with E-state index >= 15 is 0 Å². The van der Waals surface area contributed by atoms with Gasteiger partial charge in [-0.15, -0.1) is 0 Å². The third-order valence-corrected chi connectivity index (χ3v) is 3.87. The Bertz CT molecular complexity index is 444. The highest BCUT2D eigenvalue weighted by atomic mass is 127. The fourth-order valence-electron chi connectivity index (χ4n) is 2.43. The molecular formula is C17H29IN2O2. The van der Waals surface area contributed by atoms with Gasteiger partial charge in [0.15, 0.2) is 0 Å². The highest BCUT2D eigenvalue weighted by Gasteiger charge is 2.24. The Kier molecular flexibility index (Phi) is 10.4. The number of halogens is 1. The molecule has 1 aromatic rings. The largest absolute Gasteiger partial charge is 1.00 e. The monoisotopic (exact) mass is 420 g/mol. The SMILES string of the molecule is CCCC[N+](C)(CCCC)c1cccc(OC(=O)NC)c1.[I-]. The lowest BCUT2D eigenvalue weighted by Crippen LogP contribution is -3.00. The molecule has 0 aliphatic rings. The molecule has 0 aliphatic carbocycles. The number of carbonyl (C=O) groups excluding carboxylic acids is 1. The Balaban J connectivity index is 0.00000441. The minimum atomic E-state index is -0.427. The molecule has 1 aromatic carbocycles. The lowest BCUT2D eigenvalue weighted by molar-refractivity contribution is -0.00000956. The lowest BCUT2D eigenvalue weighted by atomic mass is 10.1. The quantitative estimate of drug-likeness (QED) is 0.503. The fraction of sp³-hybridized carbons (Fsp3) is 0.588. The first-order valence-electron chi connectivity index (χ1n) is 7.90. The van der Waals surface area contributed by atoms with Crippen LogP contribution in [0.2, 0.25) is 0 Å². The minimum Gasteiger partial charge on any atom is -1.00 e. The summed E-state index contributed by atoms with van der Waals surface area (Å²) in [5.74, 6) is 0.601. The first-order valence-corrected chi connectivity index (χ1v) is 7.90. The van der Waals surface area contributed by atoms with E-state index in [2.05, 4.69) is 32.3 Å². The van der Waals surface area contributed by atoms with Crippen LogP contribution in [-0.4, -0.2) is 33.3 Å².